The van der Waals surface area contributed by atoms with Crippen LogP contribution in [0.4, 0.5) is 0 Å². The monoisotopic (exact) mass is 323 g/mol. The van der Waals surface area contributed by atoms with Crippen LogP contribution < -0.4 is 5.32 Å². The Labute approximate surface area is 135 Å². The molecule has 4 nitrogen and oxygen atoms in total. The molecule has 1 saturated heterocycles. The summed E-state index contributed by atoms with van der Waals surface area (Å²) in [6, 6.07) is 0. The molecule has 5 rings (SSSR count). The van der Waals surface area contributed by atoms with Gasteiger partial charge in [-0.25, -0.2) is 4.79 Å². The lowest BCUT2D eigenvalue weighted by atomic mass is 9.51. The fourth-order valence-corrected chi connectivity index (χ4v) is 6.97. The summed E-state index contributed by atoms with van der Waals surface area (Å²) in [5.74, 6) is 3.65. The Morgan fingerprint density at radius 2 is 1.50 bits per heavy atom. The molecule has 122 valence electrons. The van der Waals surface area contributed by atoms with Crippen LogP contribution in [-0.2, 0) is 9.59 Å². The van der Waals surface area contributed by atoms with Crippen molar-refractivity contribution in [2.45, 2.75) is 50.5 Å². The predicted octanol–water partition coefficient (Wildman–Crippen LogP) is 2.53. The van der Waals surface area contributed by atoms with Crippen molar-refractivity contribution >= 4 is 23.6 Å². The van der Waals surface area contributed by atoms with Gasteiger partial charge in [-0.05, 0) is 80.1 Å². The van der Waals surface area contributed by atoms with Gasteiger partial charge in [0, 0.05) is 5.92 Å². The van der Waals surface area contributed by atoms with E-state index >= 15 is 0 Å². The molecule has 1 amide bonds. The van der Waals surface area contributed by atoms with Gasteiger partial charge in [-0.1, -0.05) is 0 Å². The maximum atomic E-state index is 12.9. The number of thioether (sulfide) groups is 1. The average Bonchev–Trinajstić information content (AvgIpc) is 2.46. The molecule has 5 aliphatic rings. The van der Waals surface area contributed by atoms with Crippen LogP contribution in [0.3, 0.4) is 0 Å². The SMILES string of the molecule is O=C(NC1(C(=O)O)CCSCC1)C1C2CC3CC(C2)CC1C3. The van der Waals surface area contributed by atoms with Crippen molar-refractivity contribution in [3.8, 4) is 0 Å². The van der Waals surface area contributed by atoms with Gasteiger partial charge in [0.25, 0.3) is 0 Å². The van der Waals surface area contributed by atoms with Gasteiger partial charge in [0.2, 0.25) is 5.91 Å². The number of carbonyl (C=O) groups is 2. The van der Waals surface area contributed by atoms with E-state index < -0.39 is 11.5 Å². The van der Waals surface area contributed by atoms with Crippen LogP contribution in [0.25, 0.3) is 0 Å². The lowest BCUT2D eigenvalue weighted by Crippen LogP contribution is -2.60. The second-order valence-corrected chi connectivity index (χ2v) is 9.17. The summed E-state index contributed by atoms with van der Waals surface area (Å²) in [5, 5.41) is 12.7. The number of nitrogens with one attached hydrogen (secondary N) is 1. The molecule has 4 aliphatic carbocycles. The zero-order chi connectivity index (χ0) is 15.3. The number of hydrogen-bond acceptors (Lipinski definition) is 3. The largest absolute Gasteiger partial charge is 0.480 e. The van der Waals surface area contributed by atoms with Crippen molar-refractivity contribution in [3.63, 3.8) is 0 Å². The van der Waals surface area contributed by atoms with Crippen LogP contribution in [0.15, 0.2) is 0 Å². The Bertz CT molecular complexity index is 458. The Kier molecular flexibility index (Phi) is 3.67. The first-order valence-corrected chi connectivity index (χ1v) is 9.86. The van der Waals surface area contributed by atoms with Crippen LogP contribution in [0.2, 0.25) is 0 Å². The van der Waals surface area contributed by atoms with Gasteiger partial charge in [-0.15, -0.1) is 0 Å². The summed E-state index contributed by atoms with van der Waals surface area (Å²) in [5.41, 5.74) is -1.00. The molecule has 0 atom stereocenters. The first-order valence-electron chi connectivity index (χ1n) is 8.70. The summed E-state index contributed by atoms with van der Waals surface area (Å²) < 4.78 is 0. The van der Waals surface area contributed by atoms with Gasteiger partial charge in [-0.2, -0.15) is 11.8 Å². The molecular weight excluding hydrogens is 298 g/mol. The number of carboxylic acid groups (broad SMARTS) is 1. The van der Waals surface area contributed by atoms with Crippen molar-refractivity contribution < 1.29 is 14.7 Å². The topological polar surface area (TPSA) is 66.4 Å². The van der Waals surface area contributed by atoms with Crippen LogP contribution in [0, 0.1) is 29.6 Å². The average molecular weight is 323 g/mol. The van der Waals surface area contributed by atoms with E-state index in [1.54, 1.807) is 11.8 Å². The highest BCUT2D eigenvalue weighted by Gasteiger charge is 2.52. The zero-order valence-electron chi connectivity index (χ0n) is 12.9. The van der Waals surface area contributed by atoms with Crippen LogP contribution in [0.5, 0.6) is 0 Å². The summed E-state index contributed by atoms with van der Waals surface area (Å²) in [6.45, 7) is 0. The summed E-state index contributed by atoms with van der Waals surface area (Å²) in [6.07, 6.45) is 7.28. The Hall–Kier alpha value is -0.710. The molecule has 22 heavy (non-hydrogen) atoms. The van der Waals surface area contributed by atoms with Crippen LogP contribution in [-0.4, -0.2) is 34.0 Å². The van der Waals surface area contributed by atoms with Crippen LogP contribution in [0.1, 0.15) is 44.9 Å². The Morgan fingerprint density at radius 3 is 2.00 bits per heavy atom. The summed E-state index contributed by atoms with van der Waals surface area (Å²) in [7, 11) is 0. The van der Waals surface area contributed by atoms with Crippen molar-refractivity contribution in [2.24, 2.45) is 29.6 Å². The normalized spacial score (nSPS) is 42.1. The van der Waals surface area contributed by atoms with E-state index in [0.29, 0.717) is 24.7 Å². The minimum Gasteiger partial charge on any atom is -0.480 e. The Morgan fingerprint density at radius 1 is 0.955 bits per heavy atom. The lowest BCUT2D eigenvalue weighted by Gasteiger charge is -2.54. The van der Waals surface area contributed by atoms with Gasteiger partial charge in [0.05, 0.1) is 0 Å². The molecule has 2 N–H and O–H groups in total. The second-order valence-electron chi connectivity index (χ2n) is 7.95. The molecule has 4 bridgehead atoms. The van der Waals surface area contributed by atoms with E-state index in [4.69, 9.17) is 0 Å². The van der Waals surface area contributed by atoms with Gasteiger partial charge in [-0.3, -0.25) is 4.79 Å². The molecule has 1 heterocycles. The number of carbonyl (C=O) groups excluding carboxylic acids is 1. The minimum absolute atomic E-state index is 0.0445. The van der Waals surface area contributed by atoms with Gasteiger partial charge >= 0.3 is 5.97 Å². The zero-order valence-corrected chi connectivity index (χ0v) is 13.7. The van der Waals surface area contributed by atoms with E-state index in [1.165, 1.54) is 32.1 Å². The third-order valence-electron chi connectivity index (χ3n) is 6.65. The van der Waals surface area contributed by atoms with E-state index in [1.807, 2.05) is 0 Å². The first-order chi connectivity index (χ1) is 10.6. The summed E-state index contributed by atoms with van der Waals surface area (Å²) in [4.78, 5) is 24.7. The number of hydrogen-bond donors (Lipinski definition) is 2. The Balaban J connectivity index is 1.50. The number of amides is 1. The molecule has 5 heteroatoms. The lowest BCUT2D eigenvalue weighted by molar-refractivity contribution is -0.152. The molecule has 4 saturated carbocycles. The van der Waals surface area contributed by atoms with Crippen molar-refractivity contribution in [3.05, 3.63) is 0 Å². The molecule has 0 radical (unpaired) electrons. The van der Waals surface area contributed by atoms with Gasteiger partial charge in [0.15, 0.2) is 0 Å². The third-order valence-corrected chi connectivity index (χ3v) is 7.63. The van der Waals surface area contributed by atoms with E-state index in [0.717, 1.165) is 23.3 Å². The standard InChI is InChI=1S/C17H25NO3S/c19-15(18-17(16(20)21)1-3-22-4-2-17)14-12-6-10-5-11(8-12)9-13(14)7-10/h10-14H,1-9H2,(H,18,19)(H,20,21). The molecule has 0 aromatic rings. The van der Waals surface area contributed by atoms with Crippen molar-refractivity contribution in [1.29, 1.82) is 0 Å². The fourth-order valence-electron chi connectivity index (χ4n) is 5.78. The minimum atomic E-state index is -1.00. The molecule has 1 aliphatic heterocycles. The molecule has 0 unspecified atom stereocenters. The molecule has 0 aromatic carbocycles. The molecule has 5 fully saturated rings. The molecular formula is C17H25NO3S. The number of aliphatic carboxylic acids is 1. The highest BCUT2D eigenvalue weighted by molar-refractivity contribution is 7.99. The summed E-state index contributed by atoms with van der Waals surface area (Å²) >= 11 is 1.79. The van der Waals surface area contributed by atoms with Crippen molar-refractivity contribution in [2.75, 3.05) is 11.5 Å². The quantitative estimate of drug-likeness (QED) is 0.837. The highest BCUT2D eigenvalue weighted by atomic mass is 32.2. The number of rotatable bonds is 3. The third kappa shape index (κ3) is 2.36. The van der Waals surface area contributed by atoms with E-state index in [-0.39, 0.29) is 11.8 Å². The first kappa shape index (κ1) is 14.9. The van der Waals surface area contributed by atoms with Crippen molar-refractivity contribution in [1.82, 2.24) is 5.32 Å². The fraction of sp³-hybridized carbons (Fsp3) is 0.882. The smallest absolute Gasteiger partial charge is 0.329 e. The highest BCUT2D eigenvalue weighted by Crippen LogP contribution is 2.56. The van der Waals surface area contributed by atoms with Gasteiger partial charge in [0.1, 0.15) is 5.54 Å². The van der Waals surface area contributed by atoms with Crippen LogP contribution >= 0.6 is 11.8 Å². The maximum absolute atomic E-state index is 12.9. The van der Waals surface area contributed by atoms with Gasteiger partial charge < -0.3 is 10.4 Å². The van der Waals surface area contributed by atoms with E-state index in [2.05, 4.69) is 5.32 Å². The van der Waals surface area contributed by atoms with E-state index in [9.17, 15) is 14.7 Å². The number of carboxylic acids is 1. The second kappa shape index (κ2) is 5.43. The molecule has 0 aromatic heterocycles. The predicted molar refractivity (Wildman–Crippen MR) is 85.6 cm³/mol. The maximum Gasteiger partial charge on any atom is 0.329 e. The molecule has 0 spiro atoms.